The minimum Gasteiger partial charge on any atom is -0.456 e. The van der Waals surface area contributed by atoms with Crippen molar-refractivity contribution in [2.75, 3.05) is 0 Å². The van der Waals surface area contributed by atoms with Gasteiger partial charge in [-0.1, -0.05) is 115 Å². The lowest BCUT2D eigenvalue weighted by Gasteiger charge is -2.12. The maximum atomic E-state index is 6.44. The van der Waals surface area contributed by atoms with Crippen LogP contribution >= 0.6 is 0 Å². The second-order valence-electron chi connectivity index (χ2n) is 12.1. The van der Waals surface area contributed by atoms with Gasteiger partial charge in [-0.25, -0.2) is 15.0 Å². The molecule has 0 aliphatic rings. The summed E-state index contributed by atoms with van der Waals surface area (Å²) in [6.07, 6.45) is 0. The summed E-state index contributed by atoms with van der Waals surface area (Å²) >= 11 is 0. The Morgan fingerprint density at radius 2 is 0.872 bits per heavy atom. The van der Waals surface area contributed by atoms with Gasteiger partial charge < -0.3 is 4.42 Å². The van der Waals surface area contributed by atoms with Crippen LogP contribution in [0.3, 0.4) is 0 Å². The third kappa shape index (κ3) is 4.19. The van der Waals surface area contributed by atoms with Crippen molar-refractivity contribution in [3.63, 3.8) is 0 Å². The van der Waals surface area contributed by atoms with Gasteiger partial charge in [0.1, 0.15) is 11.2 Å². The van der Waals surface area contributed by atoms with Crippen molar-refractivity contribution in [1.82, 2.24) is 15.0 Å². The van der Waals surface area contributed by atoms with Gasteiger partial charge in [0.05, 0.1) is 0 Å². The minimum atomic E-state index is 0.600. The van der Waals surface area contributed by atoms with E-state index in [4.69, 9.17) is 19.4 Å². The fraction of sp³-hybridized carbons (Fsp3) is 0. The van der Waals surface area contributed by atoms with Gasteiger partial charge in [0, 0.05) is 27.5 Å². The summed E-state index contributed by atoms with van der Waals surface area (Å²) in [6, 6.07) is 52.9. The highest BCUT2D eigenvalue weighted by atomic mass is 16.3. The van der Waals surface area contributed by atoms with Gasteiger partial charge >= 0.3 is 0 Å². The van der Waals surface area contributed by atoms with Crippen LogP contribution in [0, 0.1) is 0 Å². The maximum Gasteiger partial charge on any atom is 0.164 e. The second kappa shape index (κ2) is 10.1. The Balaban J connectivity index is 1.22. The number of hydrogen-bond acceptors (Lipinski definition) is 4. The van der Waals surface area contributed by atoms with Gasteiger partial charge in [0.2, 0.25) is 0 Å². The van der Waals surface area contributed by atoms with Crippen molar-refractivity contribution in [2.45, 2.75) is 0 Å². The van der Waals surface area contributed by atoms with E-state index in [2.05, 4.69) is 152 Å². The maximum absolute atomic E-state index is 6.44. The normalized spacial score (nSPS) is 11.8. The van der Waals surface area contributed by atoms with Crippen LogP contribution in [0.5, 0.6) is 0 Å². The standard InChI is InChI=1S/C43H25N3O/c1-2-10-27-21-31(18-17-26(27)9-1)41-44-42(32-19-20-36-37-22-28-11-3-4-12-29(28)24-40(37)47-39(36)25-32)46-43(45-41)38-23-30-13-5-6-14-33(30)34-15-7-8-16-35(34)38/h1-25H. The van der Waals surface area contributed by atoms with E-state index in [-0.39, 0.29) is 0 Å². The summed E-state index contributed by atoms with van der Waals surface area (Å²) in [4.78, 5) is 15.4. The van der Waals surface area contributed by atoms with E-state index in [0.29, 0.717) is 17.5 Å². The zero-order valence-corrected chi connectivity index (χ0v) is 25.2. The lowest BCUT2D eigenvalue weighted by molar-refractivity contribution is 0.669. The Hall–Kier alpha value is -6.39. The molecule has 0 bridgehead atoms. The molecule has 0 aliphatic heterocycles. The monoisotopic (exact) mass is 599 g/mol. The molecular weight excluding hydrogens is 574 g/mol. The van der Waals surface area contributed by atoms with Gasteiger partial charge in [-0.3, -0.25) is 0 Å². The molecule has 8 aromatic carbocycles. The summed E-state index contributed by atoms with van der Waals surface area (Å²) < 4.78 is 6.44. The SMILES string of the molecule is c1ccc2cc(-c3nc(-c4ccc5c(c4)oc4cc6ccccc6cc45)nc(-c4cc5ccccc5c5ccccc45)n3)ccc2c1. The van der Waals surface area contributed by atoms with E-state index < -0.39 is 0 Å². The molecule has 0 fully saturated rings. The first-order chi connectivity index (χ1) is 23.2. The van der Waals surface area contributed by atoms with Crippen LogP contribution in [-0.2, 0) is 0 Å². The van der Waals surface area contributed by atoms with Crippen LogP contribution in [-0.4, -0.2) is 15.0 Å². The molecule has 218 valence electrons. The molecule has 47 heavy (non-hydrogen) atoms. The van der Waals surface area contributed by atoms with Gasteiger partial charge in [-0.15, -0.1) is 0 Å². The van der Waals surface area contributed by atoms with Crippen molar-refractivity contribution in [3.8, 4) is 34.2 Å². The zero-order chi connectivity index (χ0) is 30.9. The summed E-state index contributed by atoms with van der Waals surface area (Å²) in [7, 11) is 0. The van der Waals surface area contributed by atoms with E-state index in [0.717, 1.165) is 60.2 Å². The first-order valence-corrected chi connectivity index (χ1v) is 15.8. The predicted octanol–water partition coefficient (Wildman–Crippen LogP) is 11.4. The third-order valence-electron chi connectivity index (χ3n) is 9.25. The minimum absolute atomic E-state index is 0.600. The quantitative estimate of drug-likeness (QED) is 0.190. The van der Waals surface area contributed by atoms with Gasteiger partial charge in [0.25, 0.3) is 0 Å². The molecule has 0 unspecified atom stereocenters. The summed E-state index contributed by atoms with van der Waals surface area (Å²) in [5.41, 5.74) is 4.46. The van der Waals surface area contributed by atoms with Crippen LogP contribution in [0.15, 0.2) is 156 Å². The van der Waals surface area contributed by atoms with E-state index in [1.165, 1.54) is 21.5 Å². The molecular formula is C43H25N3O. The molecule has 0 radical (unpaired) electrons. The Morgan fingerprint density at radius 3 is 1.66 bits per heavy atom. The van der Waals surface area contributed by atoms with Crippen molar-refractivity contribution >= 4 is 65.0 Å². The number of fused-ring (bicyclic) bond motifs is 8. The molecule has 10 rings (SSSR count). The molecule has 4 nitrogen and oxygen atoms in total. The van der Waals surface area contributed by atoms with Gasteiger partial charge in [-0.05, 0) is 79.5 Å². The number of aromatic nitrogens is 3. The Bertz CT molecular complexity index is 2870. The highest BCUT2D eigenvalue weighted by Crippen LogP contribution is 2.37. The number of rotatable bonds is 3. The molecule has 0 atom stereocenters. The van der Waals surface area contributed by atoms with Crippen molar-refractivity contribution in [3.05, 3.63) is 152 Å². The molecule has 0 saturated heterocycles. The largest absolute Gasteiger partial charge is 0.456 e. The summed E-state index contributed by atoms with van der Waals surface area (Å²) in [5, 5.41) is 11.5. The Kier molecular flexibility index (Phi) is 5.54. The average molecular weight is 600 g/mol. The molecule has 2 heterocycles. The summed E-state index contributed by atoms with van der Waals surface area (Å²) in [5.74, 6) is 1.86. The van der Waals surface area contributed by atoms with Gasteiger partial charge in [0.15, 0.2) is 17.5 Å². The Morgan fingerprint density at radius 1 is 0.319 bits per heavy atom. The van der Waals surface area contributed by atoms with Crippen LogP contribution < -0.4 is 0 Å². The molecule has 0 aliphatic carbocycles. The van der Waals surface area contributed by atoms with Crippen LogP contribution in [0.4, 0.5) is 0 Å². The van der Waals surface area contributed by atoms with Crippen LogP contribution in [0.1, 0.15) is 0 Å². The lowest BCUT2D eigenvalue weighted by Crippen LogP contribution is -2.01. The fourth-order valence-corrected chi connectivity index (χ4v) is 6.92. The Labute approximate surface area is 269 Å². The van der Waals surface area contributed by atoms with E-state index >= 15 is 0 Å². The molecule has 2 aromatic heterocycles. The average Bonchev–Trinajstić information content (AvgIpc) is 3.49. The van der Waals surface area contributed by atoms with Crippen molar-refractivity contribution < 1.29 is 4.42 Å². The molecule has 0 N–H and O–H groups in total. The van der Waals surface area contributed by atoms with Gasteiger partial charge in [-0.2, -0.15) is 0 Å². The number of furan rings is 1. The van der Waals surface area contributed by atoms with E-state index in [9.17, 15) is 0 Å². The molecule has 0 spiro atoms. The van der Waals surface area contributed by atoms with Crippen molar-refractivity contribution in [2.24, 2.45) is 0 Å². The first-order valence-electron chi connectivity index (χ1n) is 15.8. The summed E-state index contributed by atoms with van der Waals surface area (Å²) in [6.45, 7) is 0. The molecule has 0 saturated carbocycles. The lowest BCUT2D eigenvalue weighted by atomic mass is 9.97. The highest BCUT2D eigenvalue weighted by molar-refractivity contribution is 6.13. The van der Waals surface area contributed by atoms with Crippen LogP contribution in [0.25, 0.3) is 99.2 Å². The fourth-order valence-electron chi connectivity index (χ4n) is 6.92. The molecule has 0 amide bonds. The predicted molar refractivity (Wildman–Crippen MR) is 193 cm³/mol. The number of nitrogens with zero attached hydrogens (tertiary/aromatic N) is 3. The zero-order valence-electron chi connectivity index (χ0n) is 25.2. The first kappa shape index (κ1) is 25.9. The third-order valence-corrected chi connectivity index (χ3v) is 9.25. The number of benzene rings is 8. The van der Waals surface area contributed by atoms with E-state index in [1.807, 2.05) is 0 Å². The molecule has 10 aromatic rings. The molecule has 4 heteroatoms. The topological polar surface area (TPSA) is 51.8 Å². The van der Waals surface area contributed by atoms with E-state index in [1.54, 1.807) is 0 Å². The number of hydrogen-bond donors (Lipinski definition) is 0. The second-order valence-corrected chi connectivity index (χ2v) is 12.1. The highest BCUT2D eigenvalue weighted by Gasteiger charge is 2.17. The smallest absolute Gasteiger partial charge is 0.164 e. The van der Waals surface area contributed by atoms with Crippen LogP contribution in [0.2, 0.25) is 0 Å². The van der Waals surface area contributed by atoms with Crippen molar-refractivity contribution in [1.29, 1.82) is 0 Å².